The first-order valence-electron chi connectivity index (χ1n) is 8.06. The number of pyridine rings is 1. The molecule has 3 heteroatoms. The zero-order valence-corrected chi connectivity index (χ0v) is 12.9. The molecule has 0 bridgehead atoms. The van der Waals surface area contributed by atoms with Crippen LogP contribution in [0.15, 0.2) is 18.3 Å². The zero-order valence-electron chi connectivity index (χ0n) is 12.9. The van der Waals surface area contributed by atoms with Gasteiger partial charge < -0.3 is 10.1 Å². The Morgan fingerprint density at radius 2 is 2.15 bits per heavy atom. The molecule has 1 aromatic heterocycles. The van der Waals surface area contributed by atoms with E-state index in [1.54, 1.807) is 7.11 Å². The van der Waals surface area contributed by atoms with Gasteiger partial charge in [0.25, 0.3) is 0 Å². The van der Waals surface area contributed by atoms with E-state index in [1.165, 1.54) is 44.2 Å². The summed E-state index contributed by atoms with van der Waals surface area (Å²) in [5, 5.41) is 3.60. The lowest BCUT2D eigenvalue weighted by Crippen LogP contribution is -2.28. The standard InChI is InChI=1S/C17H28N2O/c1-3-11-18-13-14-8-5-4-6-9-15(14)17-16(20-2)10-7-12-19-17/h7,10,12,14-15,18H,3-6,8-9,11,13H2,1-2H3. The average molecular weight is 276 g/mol. The maximum atomic E-state index is 5.53. The molecule has 1 aliphatic carbocycles. The summed E-state index contributed by atoms with van der Waals surface area (Å²) in [4.78, 5) is 4.64. The van der Waals surface area contributed by atoms with Gasteiger partial charge in [-0.05, 0) is 50.4 Å². The van der Waals surface area contributed by atoms with Gasteiger partial charge in [-0.15, -0.1) is 0 Å². The molecule has 2 atom stereocenters. The molecule has 2 unspecified atom stereocenters. The second-order valence-corrected chi connectivity index (χ2v) is 5.80. The Morgan fingerprint density at radius 3 is 2.95 bits per heavy atom. The zero-order chi connectivity index (χ0) is 14.2. The van der Waals surface area contributed by atoms with Gasteiger partial charge in [0, 0.05) is 12.1 Å². The van der Waals surface area contributed by atoms with Gasteiger partial charge in [-0.1, -0.05) is 26.2 Å². The molecule has 0 radical (unpaired) electrons. The summed E-state index contributed by atoms with van der Waals surface area (Å²) in [6.45, 7) is 4.44. The molecule has 0 aliphatic heterocycles. The number of nitrogens with zero attached hydrogens (tertiary/aromatic N) is 1. The predicted molar refractivity (Wildman–Crippen MR) is 83.3 cm³/mol. The van der Waals surface area contributed by atoms with Crippen molar-refractivity contribution < 1.29 is 4.74 Å². The third-order valence-corrected chi connectivity index (χ3v) is 4.36. The van der Waals surface area contributed by atoms with E-state index < -0.39 is 0 Å². The van der Waals surface area contributed by atoms with Crippen LogP contribution in [0.1, 0.15) is 57.1 Å². The van der Waals surface area contributed by atoms with E-state index in [-0.39, 0.29) is 0 Å². The Kier molecular flexibility index (Phi) is 6.31. The van der Waals surface area contributed by atoms with Crippen LogP contribution in [-0.2, 0) is 0 Å². The second kappa shape index (κ2) is 8.25. The maximum Gasteiger partial charge on any atom is 0.140 e. The van der Waals surface area contributed by atoms with Gasteiger partial charge >= 0.3 is 0 Å². The molecule has 1 aliphatic rings. The van der Waals surface area contributed by atoms with Gasteiger partial charge in [0.05, 0.1) is 12.8 Å². The predicted octanol–water partition coefficient (Wildman–Crippen LogP) is 3.75. The molecule has 0 aromatic carbocycles. The first-order chi connectivity index (χ1) is 9.86. The largest absolute Gasteiger partial charge is 0.495 e. The SMILES string of the molecule is CCCNCC1CCCCCC1c1ncccc1OC. The minimum Gasteiger partial charge on any atom is -0.495 e. The minimum atomic E-state index is 0.540. The number of hydrogen-bond acceptors (Lipinski definition) is 3. The van der Waals surface area contributed by atoms with Crippen molar-refractivity contribution in [2.24, 2.45) is 5.92 Å². The third kappa shape index (κ3) is 3.95. The molecule has 1 heterocycles. The Bertz CT molecular complexity index is 394. The number of aromatic nitrogens is 1. The van der Waals surface area contributed by atoms with Crippen molar-refractivity contribution in [1.29, 1.82) is 0 Å². The summed E-state index contributed by atoms with van der Waals surface area (Å²) in [7, 11) is 1.75. The topological polar surface area (TPSA) is 34.2 Å². The van der Waals surface area contributed by atoms with Gasteiger partial charge in [0.1, 0.15) is 5.75 Å². The van der Waals surface area contributed by atoms with E-state index in [1.807, 2.05) is 18.3 Å². The van der Waals surface area contributed by atoms with Crippen molar-refractivity contribution in [2.45, 2.75) is 51.4 Å². The average Bonchev–Trinajstić information content (AvgIpc) is 2.73. The lowest BCUT2D eigenvalue weighted by molar-refractivity contribution is 0.348. The van der Waals surface area contributed by atoms with E-state index in [4.69, 9.17) is 4.74 Å². The van der Waals surface area contributed by atoms with Crippen LogP contribution < -0.4 is 10.1 Å². The Hall–Kier alpha value is -1.09. The summed E-state index contributed by atoms with van der Waals surface area (Å²) in [6, 6.07) is 4.01. The fraction of sp³-hybridized carbons (Fsp3) is 0.706. The van der Waals surface area contributed by atoms with Crippen LogP contribution in [0.5, 0.6) is 5.75 Å². The van der Waals surface area contributed by atoms with E-state index in [2.05, 4.69) is 17.2 Å². The molecule has 3 nitrogen and oxygen atoms in total. The highest BCUT2D eigenvalue weighted by Crippen LogP contribution is 2.38. The van der Waals surface area contributed by atoms with Gasteiger partial charge in [-0.3, -0.25) is 4.98 Å². The fourth-order valence-corrected chi connectivity index (χ4v) is 3.31. The highest BCUT2D eigenvalue weighted by atomic mass is 16.5. The third-order valence-electron chi connectivity index (χ3n) is 4.36. The highest BCUT2D eigenvalue weighted by Gasteiger charge is 2.28. The van der Waals surface area contributed by atoms with Gasteiger partial charge in [0.15, 0.2) is 0 Å². The van der Waals surface area contributed by atoms with Crippen LogP contribution >= 0.6 is 0 Å². The molecule has 0 saturated heterocycles. The number of rotatable bonds is 6. The van der Waals surface area contributed by atoms with Crippen molar-refractivity contribution >= 4 is 0 Å². The summed E-state index contributed by atoms with van der Waals surface area (Å²) in [5.41, 5.74) is 1.17. The monoisotopic (exact) mass is 276 g/mol. The molecule has 2 rings (SSSR count). The molecule has 1 N–H and O–H groups in total. The molecular formula is C17H28N2O. The van der Waals surface area contributed by atoms with Crippen LogP contribution in [0.4, 0.5) is 0 Å². The van der Waals surface area contributed by atoms with Crippen LogP contribution in [0.3, 0.4) is 0 Å². The van der Waals surface area contributed by atoms with Crippen molar-refractivity contribution in [1.82, 2.24) is 10.3 Å². The molecule has 1 saturated carbocycles. The number of methoxy groups -OCH3 is 1. The molecule has 1 aromatic rings. The van der Waals surface area contributed by atoms with Crippen LogP contribution in [0.25, 0.3) is 0 Å². The smallest absolute Gasteiger partial charge is 0.140 e. The summed E-state index contributed by atoms with van der Waals surface area (Å²) in [6.07, 6.45) is 9.67. The Morgan fingerprint density at radius 1 is 1.30 bits per heavy atom. The first-order valence-corrected chi connectivity index (χ1v) is 8.06. The maximum absolute atomic E-state index is 5.53. The van der Waals surface area contributed by atoms with Crippen molar-refractivity contribution in [3.05, 3.63) is 24.0 Å². The van der Waals surface area contributed by atoms with Gasteiger partial charge in [0.2, 0.25) is 0 Å². The van der Waals surface area contributed by atoms with E-state index in [0.29, 0.717) is 11.8 Å². The second-order valence-electron chi connectivity index (χ2n) is 5.80. The lowest BCUT2D eigenvalue weighted by Gasteiger charge is -2.26. The van der Waals surface area contributed by atoms with E-state index >= 15 is 0 Å². The van der Waals surface area contributed by atoms with Gasteiger partial charge in [-0.2, -0.15) is 0 Å². The summed E-state index contributed by atoms with van der Waals surface area (Å²) < 4.78 is 5.53. The van der Waals surface area contributed by atoms with Crippen molar-refractivity contribution in [3.63, 3.8) is 0 Å². The lowest BCUT2D eigenvalue weighted by atomic mass is 9.84. The molecule has 112 valence electrons. The first kappa shape index (κ1) is 15.3. The molecule has 0 amide bonds. The van der Waals surface area contributed by atoms with E-state index in [9.17, 15) is 0 Å². The summed E-state index contributed by atoms with van der Waals surface area (Å²) >= 11 is 0. The van der Waals surface area contributed by atoms with Crippen molar-refractivity contribution in [3.8, 4) is 5.75 Å². The molecular weight excluding hydrogens is 248 g/mol. The summed E-state index contributed by atoms with van der Waals surface area (Å²) in [5.74, 6) is 2.19. The Labute approximate surface area is 123 Å². The normalized spacial score (nSPS) is 23.3. The quantitative estimate of drug-likeness (QED) is 0.634. The molecule has 0 spiro atoms. The van der Waals surface area contributed by atoms with Crippen molar-refractivity contribution in [2.75, 3.05) is 20.2 Å². The molecule has 20 heavy (non-hydrogen) atoms. The fourth-order valence-electron chi connectivity index (χ4n) is 3.31. The minimum absolute atomic E-state index is 0.540. The number of hydrogen-bond donors (Lipinski definition) is 1. The molecule has 1 fully saturated rings. The number of ether oxygens (including phenoxy) is 1. The van der Waals surface area contributed by atoms with Gasteiger partial charge in [-0.25, -0.2) is 0 Å². The van der Waals surface area contributed by atoms with Crippen LogP contribution in [0.2, 0.25) is 0 Å². The number of nitrogens with one attached hydrogen (secondary N) is 1. The highest BCUT2D eigenvalue weighted by molar-refractivity contribution is 5.30. The van der Waals surface area contributed by atoms with Crippen LogP contribution in [0, 0.1) is 5.92 Å². The van der Waals surface area contributed by atoms with Crippen LogP contribution in [-0.4, -0.2) is 25.2 Å². The van der Waals surface area contributed by atoms with E-state index in [0.717, 1.165) is 18.8 Å². The Balaban J connectivity index is 2.14.